The van der Waals surface area contributed by atoms with E-state index >= 15 is 0 Å². The van der Waals surface area contributed by atoms with Gasteiger partial charge in [0.15, 0.2) is 6.10 Å². The van der Waals surface area contributed by atoms with Crippen LogP contribution in [0, 0.1) is 0 Å². The standard InChI is InChI=1S/C19H20ClN3O4/c1-12(22-19(26)14-6-4-3-5-7-14)10-17(24)27-13(2)18(25)23-16-9-8-15(20)11-21-16/h3-9,11-13H,10H2,1-2H3,(H,22,26)(H,21,23,25). The molecule has 0 saturated heterocycles. The molecule has 1 aromatic heterocycles. The Morgan fingerprint density at radius 3 is 2.44 bits per heavy atom. The number of carbonyl (C=O) groups excluding carboxylic acids is 3. The third kappa shape index (κ3) is 6.71. The van der Waals surface area contributed by atoms with Crippen LogP contribution in [0.25, 0.3) is 0 Å². The van der Waals surface area contributed by atoms with Crippen LogP contribution < -0.4 is 10.6 Å². The first-order chi connectivity index (χ1) is 12.8. The Morgan fingerprint density at radius 2 is 1.81 bits per heavy atom. The maximum absolute atomic E-state index is 12.1. The molecular weight excluding hydrogens is 370 g/mol. The Morgan fingerprint density at radius 1 is 1.11 bits per heavy atom. The lowest BCUT2D eigenvalue weighted by molar-refractivity contribution is -0.153. The number of hydrogen-bond acceptors (Lipinski definition) is 5. The average molecular weight is 390 g/mol. The van der Waals surface area contributed by atoms with Crippen LogP contribution in [-0.4, -0.2) is 34.9 Å². The van der Waals surface area contributed by atoms with Crippen LogP contribution in [0.1, 0.15) is 30.6 Å². The first-order valence-electron chi connectivity index (χ1n) is 8.33. The number of carbonyl (C=O) groups is 3. The van der Waals surface area contributed by atoms with Gasteiger partial charge in [0, 0.05) is 17.8 Å². The van der Waals surface area contributed by atoms with E-state index in [9.17, 15) is 14.4 Å². The molecule has 0 radical (unpaired) electrons. The first-order valence-corrected chi connectivity index (χ1v) is 8.70. The van der Waals surface area contributed by atoms with Crippen LogP contribution >= 0.6 is 11.6 Å². The Kier molecular flexibility index (Phi) is 7.31. The SMILES string of the molecule is CC(CC(=O)OC(C)C(=O)Nc1ccc(Cl)cn1)NC(=O)c1ccccc1. The van der Waals surface area contributed by atoms with Gasteiger partial charge in [-0.3, -0.25) is 14.4 Å². The number of rotatable bonds is 7. The van der Waals surface area contributed by atoms with E-state index in [-0.39, 0.29) is 12.3 Å². The Bertz CT molecular complexity index is 796. The minimum absolute atomic E-state index is 0.0601. The molecule has 2 atom stereocenters. The quantitative estimate of drug-likeness (QED) is 0.709. The van der Waals surface area contributed by atoms with Gasteiger partial charge < -0.3 is 15.4 Å². The summed E-state index contributed by atoms with van der Waals surface area (Å²) in [7, 11) is 0. The van der Waals surface area contributed by atoms with Gasteiger partial charge in [-0.15, -0.1) is 0 Å². The van der Waals surface area contributed by atoms with Crippen molar-refractivity contribution >= 4 is 35.2 Å². The van der Waals surface area contributed by atoms with Crippen molar-refractivity contribution in [2.75, 3.05) is 5.32 Å². The number of esters is 1. The van der Waals surface area contributed by atoms with Crippen molar-refractivity contribution in [2.24, 2.45) is 0 Å². The maximum atomic E-state index is 12.1. The van der Waals surface area contributed by atoms with E-state index in [0.717, 1.165) is 0 Å². The average Bonchev–Trinajstić information content (AvgIpc) is 2.63. The van der Waals surface area contributed by atoms with Gasteiger partial charge in [-0.05, 0) is 38.1 Å². The molecule has 142 valence electrons. The van der Waals surface area contributed by atoms with Crippen molar-refractivity contribution in [2.45, 2.75) is 32.4 Å². The molecule has 0 saturated carbocycles. The van der Waals surface area contributed by atoms with Crippen molar-refractivity contribution in [1.82, 2.24) is 10.3 Å². The second-order valence-electron chi connectivity index (χ2n) is 5.93. The molecule has 2 rings (SSSR count). The number of nitrogens with one attached hydrogen (secondary N) is 2. The molecule has 8 heteroatoms. The number of nitrogens with zero attached hydrogens (tertiary/aromatic N) is 1. The molecular formula is C19H20ClN3O4. The Balaban J connectivity index is 1.78. The predicted octanol–water partition coefficient (Wildman–Crippen LogP) is 2.81. The smallest absolute Gasteiger partial charge is 0.308 e. The van der Waals surface area contributed by atoms with E-state index in [2.05, 4.69) is 15.6 Å². The number of halogens is 1. The number of pyridine rings is 1. The minimum Gasteiger partial charge on any atom is -0.452 e. The number of aromatic nitrogens is 1. The molecule has 0 fully saturated rings. The van der Waals surface area contributed by atoms with Gasteiger partial charge in [0.1, 0.15) is 5.82 Å². The van der Waals surface area contributed by atoms with Crippen molar-refractivity contribution < 1.29 is 19.1 Å². The summed E-state index contributed by atoms with van der Waals surface area (Å²) >= 11 is 5.73. The number of anilines is 1. The summed E-state index contributed by atoms with van der Waals surface area (Å²) in [4.78, 5) is 40.0. The molecule has 27 heavy (non-hydrogen) atoms. The predicted molar refractivity (Wildman–Crippen MR) is 101 cm³/mol. The van der Waals surface area contributed by atoms with Gasteiger partial charge in [-0.25, -0.2) is 4.98 Å². The third-order valence-corrected chi connectivity index (χ3v) is 3.77. The highest BCUT2D eigenvalue weighted by Crippen LogP contribution is 2.10. The molecule has 1 aromatic carbocycles. The van der Waals surface area contributed by atoms with E-state index < -0.39 is 24.0 Å². The monoisotopic (exact) mass is 389 g/mol. The van der Waals surface area contributed by atoms with Crippen molar-refractivity contribution in [3.63, 3.8) is 0 Å². The molecule has 7 nitrogen and oxygen atoms in total. The van der Waals surface area contributed by atoms with Crippen LogP contribution in [0.15, 0.2) is 48.7 Å². The van der Waals surface area contributed by atoms with Crippen LogP contribution in [-0.2, 0) is 14.3 Å². The summed E-state index contributed by atoms with van der Waals surface area (Å²) < 4.78 is 5.11. The topological polar surface area (TPSA) is 97.4 Å². The Hall–Kier alpha value is -2.93. The van der Waals surface area contributed by atoms with Gasteiger partial charge in [0.2, 0.25) is 0 Å². The normalized spacial score (nSPS) is 12.6. The fourth-order valence-electron chi connectivity index (χ4n) is 2.17. The summed E-state index contributed by atoms with van der Waals surface area (Å²) in [5, 5.41) is 5.68. The van der Waals surface area contributed by atoms with Crippen LogP contribution in [0.5, 0.6) is 0 Å². The lowest BCUT2D eigenvalue weighted by Crippen LogP contribution is -2.36. The number of hydrogen-bond donors (Lipinski definition) is 2. The summed E-state index contributed by atoms with van der Waals surface area (Å²) in [6, 6.07) is 11.3. The number of amides is 2. The number of benzene rings is 1. The third-order valence-electron chi connectivity index (χ3n) is 3.54. The molecule has 0 spiro atoms. The highest BCUT2D eigenvalue weighted by atomic mass is 35.5. The van der Waals surface area contributed by atoms with Gasteiger partial charge in [0.05, 0.1) is 11.4 Å². The van der Waals surface area contributed by atoms with E-state index in [1.165, 1.54) is 19.2 Å². The largest absolute Gasteiger partial charge is 0.452 e. The summed E-state index contributed by atoms with van der Waals surface area (Å²) in [6.07, 6.45) is 0.326. The first kappa shape index (κ1) is 20.4. The zero-order chi connectivity index (χ0) is 19.8. The van der Waals surface area contributed by atoms with E-state index in [4.69, 9.17) is 16.3 Å². The van der Waals surface area contributed by atoms with Crippen LogP contribution in [0.3, 0.4) is 0 Å². The molecule has 0 aliphatic rings. The maximum Gasteiger partial charge on any atom is 0.308 e. The molecule has 0 bridgehead atoms. The van der Waals surface area contributed by atoms with Crippen LogP contribution in [0.2, 0.25) is 5.02 Å². The lowest BCUT2D eigenvalue weighted by atomic mass is 10.2. The highest BCUT2D eigenvalue weighted by Gasteiger charge is 2.20. The van der Waals surface area contributed by atoms with Crippen LogP contribution in [0.4, 0.5) is 5.82 Å². The highest BCUT2D eigenvalue weighted by molar-refractivity contribution is 6.30. The van der Waals surface area contributed by atoms with Gasteiger partial charge in [-0.1, -0.05) is 29.8 Å². The lowest BCUT2D eigenvalue weighted by Gasteiger charge is -2.16. The fraction of sp³-hybridized carbons (Fsp3) is 0.263. The Labute approximate surface area is 162 Å². The van der Waals surface area contributed by atoms with Gasteiger partial charge in [0.25, 0.3) is 11.8 Å². The molecule has 1 heterocycles. The molecule has 2 unspecified atom stereocenters. The van der Waals surface area contributed by atoms with E-state index in [0.29, 0.717) is 16.4 Å². The second-order valence-corrected chi connectivity index (χ2v) is 6.36. The van der Waals surface area contributed by atoms with E-state index in [1.54, 1.807) is 37.3 Å². The van der Waals surface area contributed by atoms with Crippen molar-refractivity contribution in [3.8, 4) is 0 Å². The second kappa shape index (κ2) is 9.68. The zero-order valence-electron chi connectivity index (χ0n) is 14.9. The summed E-state index contributed by atoms with van der Waals surface area (Å²) in [5.74, 6) is -1.09. The molecule has 0 aliphatic heterocycles. The van der Waals surface area contributed by atoms with Crippen molar-refractivity contribution in [3.05, 3.63) is 59.2 Å². The number of ether oxygens (including phenoxy) is 1. The van der Waals surface area contributed by atoms with Gasteiger partial charge >= 0.3 is 5.97 Å². The zero-order valence-corrected chi connectivity index (χ0v) is 15.7. The fourth-order valence-corrected chi connectivity index (χ4v) is 2.29. The summed E-state index contributed by atoms with van der Waals surface area (Å²) in [5.41, 5.74) is 0.501. The van der Waals surface area contributed by atoms with Crippen molar-refractivity contribution in [1.29, 1.82) is 0 Å². The molecule has 2 aromatic rings. The summed E-state index contributed by atoms with van der Waals surface area (Å²) in [6.45, 7) is 3.14. The molecule has 2 amide bonds. The molecule has 0 aliphatic carbocycles. The van der Waals surface area contributed by atoms with E-state index in [1.807, 2.05) is 6.07 Å². The minimum atomic E-state index is -1.01. The van der Waals surface area contributed by atoms with Gasteiger partial charge in [-0.2, -0.15) is 0 Å². The molecule has 2 N–H and O–H groups in total.